The molecule has 0 radical (unpaired) electrons. The molecule has 28 heavy (non-hydrogen) atoms. The summed E-state index contributed by atoms with van der Waals surface area (Å²) in [4.78, 5) is 0.301. The van der Waals surface area contributed by atoms with Crippen molar-refractivity contribution >= 4 is 18.4 Å². The summed E-state index contributed by atoms with van der Waals surface area (Å²) in [5.41, 5.74) is -2.48. The number of hydrogen-bond acceptors (Lipinski definition) is 5. The standard InChI is InChI=1S/C19H29F2O5PS/c1-6-25-27(23,26-7-2)19(20,21)18(22)17(13-8-14(3)4)28(24)16-11-9-15(5)10-12-16/h8-12,17-18,22H,6-7,13H2,1-5H3/t17-,18+,28?/m1/s1. The van der Waals surface area contributed by atoms with Crippen LogP contribution in [0.1, 0.15) is 39.7 Å². The third-order valence-electron chi connectivity index (χ3n) is 3.96. The summed E-state index contributed by atoms with van der Waals surface area (Å²) in [6.07, 6.45) is -0.964. The number of hydrogen-bond donors (Lipinski definition) is 1. The van der Waals surface area contributed by atoms with E-state index in [-0.39, 0.29) is 19.6 Å². The third-order valence-corrected chi connectivity index (χ3v) is 7.89. The highest BCUT2D eigenvalue weighted by atomic mass is 32.2. The molecule has 0 heterocycles. The fraction of sp³-hybridized carbons (Fsp3) is 0.579. The van der Waals surface area contributed by atoms with Crippen molar-refractivity contribution in [2.24, 2.45) is 0 Å². The van der Waals surface area contributed by atoms with Crippen molar-refractivity contribution in [3.63, 3.8) is 0 Å². The molecule has 0 fully saturated rings. The van der Waals surface area contributed by atoms with Crippen LogP contribution in [-0.2, 0) is 24.4 Å². The summed E-state index contributed by atoms with van der Waals surface area (Å²) >= 11 is 0. The zero-order valence-corrected chi connectivity index (χ0v) is 18.6. The Labute approximate surface area is 168 Å². The average molecular weight is 438 g/mol. The van der Waals surface area contributed by atoms with Gasteiger partial charge >= 0.3 is 13.3 Å². The number of aryl methyl sites for hydroxylation is 1. The molecule has 9 heteroatoms. The molecule has 0 amide bonds. The summed E-state index contributed by atoms with van der Waals surface area (Å²) in [5.74, 6) is 0. The van der Waals surface area contributed by atoms with Crippen molar-refractivity contribution in [1.82, 2.24) is 0 Å². The topological polar surface area (TPSA) is 72.8 Å². The first-order valence-electron chi connectivity index (χ1n) is 9.05. The van der Waals surface area contributed by atoms with Crippen molar-refractivity contribution in [1.29, 1.82) is 0 Å². The van der Waals surface area contributed by atoms with Crippen molar-refractivity contribution < 1.29 is 31.7 Å². The van der Waals surface area contributed by atoms with E-state index in [2.05, 4.69) is 0 Å². The van der Waals surface area contributed by atoms with Crippen LogP contribution in [0.5, 0.6) is 0 Å². The molecule has 1 aromatic carbocycles. The molecule has 0 spiro atoms. The smallest absolute Gasteiger partial charge is 0.385 e. The van der Waals surface area contributed by atoms with Gasteiger partial charge in [0, 0.05) is 4.90 Å². The lowest BCUT2D eigenvalue weighted by atomic mass is 10.1. The predicted molar refractivity (Wildman–Crippen MR) is 107 cm³/mol. The summed E-state index contributed by atoms with van der Waals surface area (Å²) < 4.78 is 65.2. The van der Waals surface area contributed by atoms with Gasteiger partial charge in [0.15, 0.2) is 0 Å². The Morgan fingerprint density at radius 1 is 1.21 bits per heavy atom. The average Bonchev–Trinajstić information content (AvgIpc) is 2.62. The van der Waals surface area contributed by atoms with E-state index in [1.807, 2.05) is 6.92 Å². The van der Waals surface area contributed by atoms with Crippen LogP contribution in [0.4, 0.5) is 8.78 Å². The monoisotopic (exact) mass is 438 g/mol. The van der Waals surface area contributed by atoms with Gasteiger partial charge in [-0.2, -0.15) is 8.78 Å². The minimum atomic E-state index is -4.96. The van der Waals surface area contributed by atoms with Crippen molar-refractivity contribution in [3.8, 4) is 0 Å². The normalized spacial score (nSPS) is 15.7. The molecule has 0 saturated carbocycles. The summed E-state index contributed by atoms with van der Waals surface area (Å²) in [7, 11) is -6.93. The lowest BCUT2D eigenvalue weighted by Crippen LogP contribution is -2.45. The van der Waals surface area contributed by atoms with Gasteiger partial charge in [-0.25, -0.2) is 0 Å². The highest BCUT2D eigenvalue weighted by Crippen LogP contribution is 2.64. The molecule has 0 bridgehead atoms. The van der Waals surface area contributed by atoms with Crippen LogP contribution < -0.4 is 0 Å². The zero-order chi connectivity index (χ0) is 21.5. The maximum atomic E-state index is 15.0. The van der Waals surface area contributed by atoms with Gasteiger partial charge in [0.2, 0.25) is 0 Å². The molecular weight excluding hydrogens is 409 g/mol. The van der Waals surface area contributed by atoms with Crippen LogP contribution in [0.3, 0.4) is 0 Å². The molecule has 3 atom stereocenters. The Hall–Kier alpha value is -0.920. The first-order valence-corrected chi connectivity index (χ1v) is 11.8. The van der Waals surface area contributed by atoms with E-state index in [4.69, 9.17) is 9.05 Å². The molecule has 1 unspecified atom stereocenters. The van der Waals surface area contributed by atoms with Gasteiger partial charge in [-0.05, 0) is 53.2 Å². The van der Waals surface area contributed by atoms with Gasteiger partial charge in [0.25, 0.3) is 0 Å². The second-order valence-electron chi connectivity index (χ2n) is 6.53. The Bertz CT molecular complexity index is 722. The van der Waals surface area contributed by atoms with Crippen LogP contribution in [0.2, 0.25) is 0 Å². The Morgan fingerprint density at radius 2 is 1.71 bits per heavy atom. The molecule has 5 nitrogen and oxygen atoms in total. The second kappa shape index (κ2) is 10.7. The van der Waals surface area contributed by atoms with E-state index in [1.54, 1.807) is 44.2 Å². The van der Waals surface area contributed by atoms with Gasteiger partial charge < -0.3 is 14.2 Å². The van der Waals surface area contributed by atoms with Crippen LogP contribution in [0.25, 0.3) is 0 Å². The molecule has 1 rings (SSSR count). The quantitative estimate of drug-likeness (QED) is 0.387. The van der Waals surface area contributed by atoms with Gasteiger partial charge in [-0.1, -0.05) is 29.3 Å². The lowest BCUT2D eigenvalue weighted by molar-refractivity contribution is -0.0659. The van der Waals surface area contributed by atoms with Crippen LogP contribution in [-0.4, -0.2) is 39.5 Å². The Kier molecular flexibility index (Phi) is 9.64. The molecule has 1 N–H and O–H groups in total. The second-order valence-corrected chi connectivity index (χ2v) is 10.3. The number of halogens is 2. The van der Waals surface area contributed by atoms with E-state index in [9.17, 15) is 13.9 Å². The van der Waals surface area contributed by atoms with Crippen molar-refractivity contribution in [2.45, 2.75) is 63.0 Å². The van der Waals surface area contributed by atoms with Gasteiger partial charge in [-0.15, -0.1) is 0 Å². The van der Waals surface area contributed by atoms with E-state index in [0.29, 0.717) is 4.90 Å². The minimum Gasteiger partial charge on any atom is -0.385 e. The first kappa shape index (κ1) is 25.1. The summed E-state index contributed by atoms with van der Waals surface area (Å²) in [5, 5.41) is 9.12. The highest BCUT2D eigenvalue weighted by Gasteiger charge is 2.61. The molecule has 1 aromatic rings. The zero-order valence-electron chi connectivity index (χ0n) is 16.9. The predicted octanol–water partition coefficient (Wildman–Crippen LogP) is 5.05. The van der Waals surface area contributed by atoms with E-state index in [0.717, 1.165) is 11.1 Å². The van der Waals surface area contributed by atoms with Crippen LogP contribution in [0.15, 0.2) is 40.8 Å². The first-order chi connectivity index (χ1) is 13.0. The highest BCUT2D eigenvalue weighted by molar-refractivity contribution is 7.85. The largest absolute Gasteiger partial charge is 0.402 e. The molecule has 0 aromatic heterocycles. The number of alkyl halides is 2. The number of rotatable bonds is 11. The van der Waals surface area contributed by atoms with Crippen molar-refractivity contribution in [3.05, 3.63) is 41.5 Å². The van der Waals surface area contributed by atoms with E-state index >= 15 is 8.78 Å². The number of aliphatic hydroxyl groups is 1. The number of allylic oxidation sites excluding steroid dienone is 2. The number of aliphatic hydroxyl groups excluding tert-OH is 1. The van der Waals surface area contributed by atoms with E-state index in [1.165, 1.54) is 13.8 Å². The summed E-state index contributed by atoms with van der Waals surface area (Å²) in [6, 6.07) is 6.55. The third kappa shape index (κ3) is 6.04. The lowest BCUT2D eigenvalue weighted by Gasteiger charge is -2.32. The molecule has 0 saturated heterocycles. The fourth-order valence-corrected chi connectivity index (χ4v) is 5.60. The Morgan fingerprint density at radius 3 is 2.14 bits per heavy atom. The maximum Gasteiger partial charge on any atom is 0.402 e. The SMILES string of the molecule is CCOP(=O)(OCC)C(F)(F)[C@@H](O)[C@@H](CC=C(C)C)S(=O)c1ccc(C)cc1. The van der Waals surface area contributed by atoms with Gasteiger partial charge in [0.05, 0.1) is 29.3 Å². The van der Waals surface area contributed by atoms with Gasteiger partial charge in [0.1, 0.15) is 6.10 Å². The fourth-order valence-electron chi connectivity index (χ4n) is 2.47. The molecule has 0 aliphatic carbocycles. The molecule has 0 aliphatic rings. The van der Waals surface area contributed by atoms with Gasteiger partial charge in [-0.3, -0.25) is 8.77 Å². The Balaban J connectivity index is 3.34. The van der Waals surface area contributed by atoms with Crippen molar-refractivity contribution in [2.75, 3.05) is 13.2 Å². The maximum absolute atomic E-state index is 15.0. The van der Waals surface area contributed by atoms with E-state index < -0.39 is 35.4 Å². The van der Waals surface area contributed by atoms with Crippen LogP contribution in [0, 0.1) is 6.92 Å². The van der Waals surface area contributed by atoms with Crippen LogP contribution >= 0.6 is 7.60 Å². The minimum absolute atomic E-state index is 0.0855. The summed E-state index contributed by atoms with van der Waals surface area (Å²) in [6.45, 7) is 7.62. The molecule has 160 valence electrons. The number of benzene rings is 1. The molecule has 0 aliphatic heterocycles. The molecular formula is C19H29F2O5PS.